The standard InChI is InChI=1S/C18H17BrClN5O2S/c1-10(17(26)22-14-9-11(20)7-8-15(14)27-2)28-18-24-23-16(25(18)21)12-5-3-4-6-13(12)19/h3-10H,21H2,1-2H3,(H,22,26)/t10-/m0/s1. The van der Waals surface area contributed by atoms with E-state index in [4.69, 9.17) is 22.2 Å². The molecule has 0 saturated carbocycles. The van der Waals surface area contributed by atoms with E-state index in [-0.39, 0.29) is 5.91 Å². The van der Waals surface area contributed by atoms with Gasteiger partial charge in [0.05, 0.1) is 18.0 Å². The van der Waals surface area contributed by atoms with Crippen molar-refractivity contribution in [1.82, 2.24) is 14.9 Å². The summed E-state index contributed by atoms with van der Waals surface area (Å²) in [6, 6.07) is 12.6. The van der Waals surface area contributed by atoms with Crippen molar-refractivity contribution >= 4 is 50.9 Å². The topological polar surface area (TPSA) is 95.1 Å². The van der Waals surface area contributed by atoms with Gasteiger partial charge in [0.15, 0.2) is 5.82 Å². The highest BCUT2D eigenvalue weighted by atomic mass is 79.9. The molecule has 28 heavy (non-hydrogen) atoms. The van der Waals surface area contributed by atoms with Crippen LogP contribution in [-0.4, -0.2) is 33.1 Å². The number of hydrogen-bond acceptors (Lipinski definition) is 6. The first-order chi connectivity index (χ1) is 13.4. The maximum atomic E-state index is 12.6. The molecule has 3 rings (SSSR count). The van der Waals surface area contributed by atoms with E-state index in [2.05, 4.69) is 31.4 Å². The zero-order valence-electron chi connectivity index (χ0n) is 15.0. The largest absolute Gasteiger partial charge is 0.495 e. The van der Waals surface area contributed by atoms with Gasteiger partial charge in [0, 0.05) is 15.1 Å². The number of amides is 1. The van der Waals surface area contributed by atoms with Crippen molar-refractivity contribution in [2.75, 3.05) is 18.3 Å². The molecule has 1 heterocycles. The average Bonchev–Trinajstić information content (AvgIpc) is 3.02. The van der Waals surface area contributed by atoms with Crippen molar-refractivity contribution in [3.8, 4) is 17.1 Å². The van der Waals surface area contributed by atoms with E-state index in [9.17, 15) is 4.79 Å². The second-order valence-corrected chi connectivity index (χ2v) is 8.35. The number of nitrogens with zero attached hydrogens (tertiary/aromatic N) is 3. The van der Waals surface area contributed by atoms with Crippen LogP contribution in [0.3, 0.4) is 0 Å². The Hall–Kier alpha value is -2.23. The maximum absolute atomic E-state index is 12.6. The third kappa shape index (κ3) is 4.43. The molecule has 0 spiro atoms. The molecule has 0 unspecified atom stereocenters. The number of methoxy groups -OCH3 is 1. The number of hydrogen-bond donors (Lipinski definition) is 2. The molecular weight excluding hydrogens is 466 g/mol. The fourth-order valence-electron chi connectivity index (χ4n) is 2.41. The number of nitrogen functional groups attached to an aromatic ring is 1. The quantitative estimate of drug-likeness (QED) is 0.404. The molecule has 0 aliphatic heterocycles. The summed E-state index contributed by atoms with van der Waals surface area (Å²) < 4.78 is 7.47. The molecule has 0 bridgehead atoms. The molecule has 2 aromatic carbocycles. The normalized spacial score (nSPS) is 11.9. The Labute approximate surface area is 179 Å². The predicted molar refractivity (Wildman–Crippen MR) is 115 cm³/mol. The second-order valence-electron chi connectivity index (χ2n) is 5.75. The first-order valence-electron chi connectivity index (χ1n) is 8.17. The molecule has 7 nitrogen and oxygen atoms in total. The Morgan fingerprint density at radius 1 is 1.32 bits per heavy atom. The molecule has 3 N–H and O–H groups in total. The number of halogens is 2. The van der Waals surface area contributed by atoms with Crippen LogP contribution in [0.2, 0.25) is 5.02 Å². The van der Waals surface area contributed by atoms with Crippen LogP contribution in [0.1, 0.15) is 6.92 Å². The van der Waals surface area contributed by atoms with Crippen molar-refractivity contribution in [3.05, 3.63) is 52.0 Å². The number of rotatable bonds is 6. The number of nitrogens with one attached hydrogen (secondary N) is 1. The number of ether oxygens (including phenoxy) is 1. The van der Waals surface area contributed by atoms with Gasteiger partial charge in [-0.15, -0.1) is 10.2 Å². The number of thioether (sulfide) groups is 1. The molecule has 0 radical (unpaired) electrons. The van der Waals surface area contributed by atoms with Crippen LogP contribution < -0.4 is 15.9 Å². The molecule has 1 atom stereocenters. The van der Waals surface area contributed by atoms with Gasteiger partial charge in [-0.25, -0.2) is 4.68 Å². The van der Waals surface area contributed by atoms with Crippen molar-refractivity contribution in [3.63, 3.8) is 0 Å². The highest BCUT2D eigenvalue weighted by Gasteiger charge is 2.21. The number of anilines is 1. The van der Waals surface area contributed by atoms with E-state index in [0.29, 0.717) is 27.4 Å². The molecule has 146 valence electrons. The van der Waals surface area contributed by atoms with Gasteiger partial charge in [-0.3, -0.25) is 4.79 Å². The van der Waals surface area contributed by atoms with E-state index in [1.165, 1.54) is 23.5 Å². The maximum Gasteiger partial charge on any atom is 0.237 e. The van der Waals surface area contributed by atoms with E-state index in [1.54, 1.807) is 25.1 Å². The summed E-state index contributed by atoms with van der Waals surface area (Å²) in [5.41, 5.74) is 1.31. The summed E-state index contributed by atoms with van der Waals surface area (Å²) in [5.74, 6) is 6.93. The Bertz CT molecular complexity index is 1010. The molecule has 10 heteroatoms. The lowest BCUT2D eigenvalue weighted by Gasteiger charge is -2.14. The first kappa shape index (κ1) is 20.5. The van der Waals surface area contributed by atoms with Gasteiger partial charge in [-0.05, 0) is 37.3 Å². The lowest BCUT2D eigenvalue weighted by Crippen LogP contribution is -2.24. The van der Waals surface area contributed by atoms with E-state index < -0.39 is 5.25 Å². The lowest BCUT2D eigenvalue weighted by atomic mass is 10.2. The molecule has 0 aliphatic rings. The fourth-order valence-corrected chi connectivity index (χ4v) is 3.81. The smallest absolute Gasteiger partial charge is 0.237 e. The number of nitrogens with two attached hydrogens (primary N) is 1. The lowest BCUT2D eigenvalue weighted by molar-refractivity contribution is -0.115. The zero-order chi connectivity index (χ0) is 20.3. The van der Waals surface area contributed by atoms with Gasteiger partial charge in [-0.1, -0.05) is 51.4 Å². The fraction of sp³-hybridized carbons (Fsp3) is 0.167. The monoisotopic (exact) mass is 481 g/mol. The number of aromatic nitrogens is 3. The average molecular weight is 483 g/mol. The summed E-state index contributed by atoms with van der Waals surface area (Å²) >= 11 is 10.7. The van der Waals surface area contributed by atoms with Crippen LogP contribution in [0.4, 0.5) is 5.69 Å². The molecule has 0 aliphatic carbocycles. The molecule has 0 fully saturated rings. The van der Waals surface area contributed by atoms with Crippen LogP contribution in [0, 0.1) is 0 Å². The summed E-state index contributed by atoms with van der Waals surface area (Å²) in [6.45, 7) is 1.75. The highest BCUT2D eigenvalue weighted by molar-refractivity contribution is 9.10. The van der Waals surface area contributed by atoms with Gasteiger partial charge in [0.2, 0.25) is 11.1 Å². The Morgan fingerprint density at radius 3 is 2.79 bits per heavy atom. The van der Waals surface area contributed by atoms with Gasteiger partial charge >= 0.3 is 0 Å². The second kappa shape index (κ2) is 8.85. The van der Waals surface area contributed by atoms with Gasteiger partial charge in [0.25, 0.3) is 0 Å². The third-order valence-electron chi connectivity index (χ3n) is 3.85. The summed E-state index contributed by atoms with van der Waals surface area (Å²) in [6.07, 6.45) is 0. The van der Waals surface area contributed by atoms with Gasteiger partial charge < -0.3 is 15.9 Å². The predicted octanol–water partition coefficient (Wildman–Crippen LogP) is 4.20. The van der Waals surface area contributed by atoms with Crippen LogP contribution in [-0.2, 0) is 4.79 Å². The van der Waals surface area contributed by atoms with Gasteiger partial charge in [0.1, 0.15) is 5.75 Å². The highest BCUT2D eigenvalue weighted by Crippen LogP contribution is 2.31. The van der Waals surface area contributed by atoms with Crippen LogP contribution in [0.15, 0.2) is 52.1 Å². The van der Waals surface area contributed by atoms with Crippen molar-refractivity contribution < 1.29 is 9.53 Å². The van der Waals surface area contributed by atoms with Crippen molar-refractivity contribution in [1.29, 1.82) is 0 Å². The van der Waals surface area contributed by atoms with E-state index in [0.717, 1.165) is 10.0 Å². The summed E-state index contributed by atoms with van der Waals surface area (Å²) in [4.78, 5) is 12.6. The summed E-state index contributed by atoms with van der Waals surface area (Å²) in [5, 5.41) is 11.5. The van der Waals surface area contributed by atoms with Gasteiger partial charge in [-0.2, -0.15) is 0 Å². The number of carbonyl (C=O) groups is 1. The Morgan fingerprint density at radius 2 is 2.07 bits per heavy atom. The minimum absolute atomic E-state index is 0.240. The molecule has 1 amide bonds. The molecule has 0 saturated heterocycles. The van der Waals surface area contributed by atoms with Crippen LogP contribution in [0.5, 0.6) is 5.75 Å². The number of carbonyl (C=O) groups excluding carboxylic acids is 1. The van der Waals surface area contributed by atoms with Crippen LogP contribution in [0.25, 0.3) is 11.4 Å². The van der Waals surface area contributed by atoms with E-state index >= 15 is 0 Å². The van der Waals surface area contributed by atoms with Crippen molar-refractivity contribution in [2.45, 2.75) is 17.3 Å². The molecule has 3 aromatic rings. The summed E-state index contributed by atoms with van der Waals surface area (Å²) in [7, 11) is 1.53. The minimum Gasteiger partial charge on any atom is -0.495 e. The SMILES string of the molecule is COc1ccc(Cl)cc1NC(=O)[C@H](C)Sc1nnc(-c2ccccc2Br)n1N. The zero-order valence-corrected chi connectivity index (χ0v) is 18.2. The molecule has 1 aromatic heterocycles. The van der Waals surface area contributed by atoms with Crippen LogP contribution >= 0.6 is 39.3 Å². The van der Waals surface area contributed by atoms with E-state index in [1.807, 2.05) is 24.3 Å². The Balaban J connectivity index is 1.75. The minimum atomic E-state index is -0.484. The third-order valence-corrected chi connectivity index (χ3v) is 5.83. The Kier molecular flexibility index (Phi) is 6.48. The van der Waals surface area contributed by atoms with Crippen molar-refractivity contribution in [2.24, 2.45) is 0 Å². The molecular formula is C18H17BrClN5O2S. The number of benzene rings is 2. The first-order valence-corrected chi connectivity index (χ1v) is 10.2.